The minimum atomic E-state index is -3.97. The molecule has 0 aliphatic heterocycles. The van der Waals surface area contributed by atoms with E-state index in [1.807, 2.05) is 30.3 Å². The summed E-state index contributed by atoms with van der Waals surface area (Å²) in [5.74, 6) is -0.952. The number of hydrogen-bond acceptors (Lipinski definition) is 6. The van der Waals surface area contributed by atoms with E-state index in [1.54, 1.807) is 20.8 Å². The van der Waals surface area contributed by atoms with Crippen molar-refractivity contribution in [2.75, 3.05) is 30.2 Å². The number of aryl methyl sites for hydroxylation is 1. The number of likely N-dealkylation sites (N-methyl/N-ethyl adjacent to an activating group) is 1. The molecular weight excluding hydrogens is 460 g/mol. The molecule has 10 nitrogen and oxygen atoms in total. The van der Waals surface area contributed by atoms with Crippen molar-refractivity contribution in [3.8, 4) is 0 Å². The van der Waals surface area contributed by atoms with Gasteiger partial charge in [0.1, 0.15) is 12.6 Å². The Hall–Kier alpha value is -3.47. The van der Waals surface area contributed by atoms with Crippen LogP contribution >= 0.6 is 0 Å². The zero-order chi connectivity index (χ0) is 25.5. The summed E-state index contributed by atoms with van der Waals surface area (Å²) in [4.78, 5) is 37.8. The lowest BCUT2D eigenvalue weighted by molar-refractivity contribution is -0.384. The van der Waals surface area contributed by atoms with Crippen LogP contribution in [0.1, 0.15) is 25.0 Å². The first-order valence-electron chi connectivity index (χ1n) is 10.8. The number of nitro groups is 1. The zero-order valence-corrected chi connectivity index (χ0v) is 20.5. The highest BCUT2D eigenvalue weighted by atomic mass is 32.2. The van der Waals surface area contributed by atoms with Gasteiger partial charge in [0.2, 0.25) is 21.8 Å². The molecule has 0 heterocycles. The largest absolute Gasteiger partial charge is 0.355 e. The minimum absolute atomic E-state index is 0.0405. The molecule has 0 fully saturated rings. The number of nitro benzene ring substituents is 1. The van der Waals surface area contributed by atoms with E-state index >= 15 is 0 Å². The van der Waals surface area contributed by atoms with Crippen molar-refractivity contribution in [2.45, 2.75) is 33.2 Å². The van der Waals surface area contributed by atoms with Gasteiger partial charge in [-0.3, -0.25) is 24.0 Å². The van der Waals surface area contributed by atoms with Crippen molar-refractivity contribution in [1.82, 2.24) is 10.2 Å². The molecule has 0 aromatic heterocycles. The van der Waals surface area contributed by atoms with Crippen LogP contribution in [0, 0.1) is 17.0 Å². The molecule has 0 aliphatic rings. The maximum Gasteiger partial charge on any atom is 0.271 e. The van der Waals surface area contributed by atoms with E-state index in [2.05, 4.69) is 5.32 Å². The molecule has 2 rings (SSSR count). The van der Waals surface area contributed by atoms with Gasteiger partial charge in [0.05, 0.1) is 16.9 Å². The molecule has 1 N–H and O–H groups in total. The fraction of sp³-hybridized carbons (Fsp3) is 0.391. The molecule has 0 bridgehead atoms. The first-order valence-corrected chi connectivity index (χ1v) is 12.6. The number of hydrogen-bond donors (Lipinski definition) is 1. The summed E-state index contributed by atoms with van der Waals surface area (Å²) in [5, 5.41) is 13.9. The van der Waals surface area contributed by atoms with Crippen LogP contribution in [0.5, 0.6) is 0 Å². The van der Waals surface area contributed by atoms with Crippen molar-refractivity contribution in [3.63, 3.8) is 0 Å². The number of nitrogens with one attached hydrogen (secondary N) is 1. The lowest BCUT2D eigenvalue weighted by atomic mass is 10.1. The minimum Gasteiger partial charge on any atom is -0.355 e. The van der Waals surface area contributed by atoms with E-state index < -0.39 is 33.4 Å². The number of anilines is 1. The second-order valence-electron chi connectivity index (χ2n) is 7.89. The van der Waals surface area contributed by atoms with Crippen LogP contribution in [-0.2, 0) is 26.0 Å². The van der Waals surface area contributed by atoms with Crippen molar-refractivity contribution in [1.29, 1.82) is 0 Å². The monoisotopic (exact) mass is 490 g/mol. The lowest BCUT2D eigenvalue weighted by Gasteiger charge is -2.31. The molecule has 2 aromatic rings. The molecule has 1 atom stereocenters. The highest BCUT2D eigenvalue weighted by Crippen LogP contribution is 2.27. The topological polar surface area (TPSA) is 130 Å². The van der Waals surface area contributed by atoms with Crippen LogP contribution in [0.4, 0.5) is 11.4 Å². The van der Waals surface area contributed by atoms with Crippen molar-refractivity contribution < 1.29 is 22.9 Å². The number of carbonyl (C=O) groups excluding carboxylic acids is 2. The van der Waals surface area contributed by atoms with E-state index in [1.165, 1.54) is 17.0 Å². The molecular formula is C23H30N4O6S. The Morgan fingerprint density at radius 2 is 1.79 bits per heavy atom. The number of amides is 2. The molecule has 0 radical (unpaired) electrons. The molecule has 184 valence electrons. The molecule has 0 saturated carbocycles. The Balaban J connectivity index is 2.39. The van der Waals surface area contributed by atoms with E-state index in [9.17, 15) is 28.1 Å². The first-order chi connectivity index (χ1) is 16.0. The van der Waals surface area contributed by atoms with Gasteiger partial charge in [-0.05, 0) is 38.3 Å². The summed E-state index contributed by atoms with van der Waals surface area (Å²) >= 11 is 0. The SMILES string of the molecule is CCNC(=O)C(C)N(CCc1ccccc1)C(=O)CN(c1cc([N+](=O)[O-])ccc1C)S(C)(=O)=O. The maximum absolute atomic E-state index is 13.4. The molecule has 0 saturated heterocycles. The van der Waals surface area contributed by atoms with Gasteiger partial charge in [0.15, 0.2) is 0 Å². The first kappa shape index (κ1) is 26.8. The fourth-order valence-corrected chi connectivity index (χ4v) is 4.37. The van der Waals surface area contributed by atoms with Gasteiger partial charge < -0.3 is 10.2 Å². The number of sulfonamides is 1. The maximum atomic E-state index is 13.4. The quantitative estimate of drug-likeness (QED) is 0.380. The Morgan fingerprint density at radius 3 is 2.35 bits per heavy atom. The summed E-state index contributed by atoms with van der Waals surface area (Å²) in [6, 6.07) is 12.4. The summed E-state index contributed by atoms with van der Waals surface area (Å²) in [7, 11) is -3.97. The van der Waals surface area contributed by atoms with E-state index in [0.717, 1.165) is 22.2 Å². The van der Waals surface area contributed by atoms with Gasteiger partial charge in [-0.1, -0.05) is 36.4 Å². The third-order valence-corrected chi connectivity index (χ3v) is 6.48. The number of carbonyl (C=O) groups is 2. The van der Waals surface area contributed by atoms with E-state index in [-0.39, 0.29) is 23.8 Å². The van der Waals surface area contributed by atoms with Crippen LogP contribution in [0.2, 0.25) is 0 Å². The predicted molar refractivity (Wildman–Crippen MR) is 130 cm³/mol. The third kappa shape index (κ3) is 7.01. The van der Waals surface area contributed by atoms with Gasteiger partial charge in [-0.15, -0.1) is 0 Å². The van der Waals surface area contributed by atoms with Crippen molar-refractivity contribution >= 4 is 33.2 Å². The van der Waals surface area contributed by atoms with Gasteiger partial charge in [0.25, 0.3) is 5.69 Å². The molecule has 2 aromatic carbocycles. The highest BCUT2D eigenvalue weighted by Gasteiger charge is 2.30. The average Bonchev–Trinajstić information content (AvgIpc) is 2.78. The highest BCUT2D eigenvalue weighted by molar-refractivity contribution is 7.92. The second-order valence-corrected chi connectivity index (χ2v) is 9.80. The average molecular weight is 491 g/mol. The Kier molecular flexibility index (Phi) is 9.13. The van der Waals surface area contributed by atoms with E-state index in [0.29, 0.717) is 18.5 Å². The predicted octanol–water partition coefficient (Wildman–Crippen LogP) is 2.27. The summed E-state index contributed by atoms with van der Waals surface area (Å²) in [5.41, 5.74) is 1.16. The van der Waals surface area contributed by atoms with Crippen molar-refractivity contribution in [2.24, 2.45) is 0 Å². The normalized spacial score (nSPS) is 12.0. The van der Waals surface area contributed by atoms with Gasteiger partial charge in [-0.25, -0.2) is 8.42 Å². The zero-order valence-electron chi connectivity index (χ0n) is 19.7. The van der Waals surface area contributed by atoms with Crippen LogP contribution < -0.4 is 9.62 Å². The smallest absolute Gasteiger partial charge is 0.271 e. The summed E-state index contributed by atoms with van der Waals surface area (Å²) in [6.45, 7) is 4.92. The van der Waals surface area contributed by atoms with Crippen LogP contribution in [0.25, 0.3) is 0 Å². The third-order valence-electron chi connectivity index (χ3n) is 5.35. The van der Waals surface area contributed by atoms with Gasteiger partial charge >= 0.3 is 0 Å². The van der Waals surface area contributed by atoms with Crippen LogP contribution in [0.15, 0.2) is 48.5 Å². The molecule has 0 aliphatic carbocycles. The van der Waals surface area contributed by atoms with Gasteiger partial charge in [0, 0.05) is 25.2 Å². The Bertz CT molecular complexity index is 1140. The number of nitrogens with zero attached hydrogens (tertiary/aromatic N) is 3. The summed E-state index contributed by atoms with van der Waals surface area (Å²) < 4.78 is 26.1. The van der Waals surface area contributed by atoms with Crippen LogP contribution in [0.3, 0.4) is 0 Å². The van der Waals surface area contributed by atoms with Crippen molar-refractivity contribution in [3.05, 3.63) is 69.8 Å². The molecule has 34 heavy (non-hydrogen) atoms. The second kappa shape index (κ2) is 11.6. The van der Waals surface area contributed by atoms with Crippen LogP contribution in [-0.4, -0.2) is 62.0 Å². The molecule has 0 spiro atoms. The summed E-state index contributed by atoms with van der Waals surface area (Å²) in [6.07, 6.45) is 1.39. The number of rotatable bonds is 11. The van der Waals surface area contributed by atoms with Gasteiger partial charge in [-0.2, -0.15) is 0 Å². The Labute approximate surface area is 199 Å². The van der Waals surface area contributed by atoms with E-state index in [4.69, 9.17) is 0 Å². The fourth-order valence-electron chi connectivity index (χ4n) is 3.47. The Morgan fingerprint density at radius 1 is 1.15 bits per heavy atom. The molecule has 2 amide bonds. The standard InChI is InChI=1S/C23H30N4O6S/c1-5-24-23(29)18(3)25(14-13-19-9-7-6-8-10-19)22(28)16-26(34(4,32)33)21-15-20(27(30)31)12-11-17(21)2/h6-12,15,18H,5,13-14,16H2,1-4H3,(H,24,29). The molecule has 1 unspecified atom stereocenters. The number of non-ortho nitro benzene ring substituents is 1. The lowest BCUT2D eigenvalue weighted by Crippen LogP contribution is -2.52. The molecule has 11 heteroatoms. The number of benzene rings is 2.